The molecule has 0 amide bonds. The van der Waals surface area contributed by atoms with E-state index in [1.54, 1.807) is 7.11 Å². The molecule has 0 fully saturated rings. The maximum atomic E-state index is 5.78. The van der Waals surface area contributed by atoms with Crippen LogP contribution in [0, 0.1) is 5.92 Å². The van der Waals surface area contributed by atoms with Gasteiger partial charge in [0, 0.05) is 4.47 Å². The molecule has 0 saturated heterocycles. The highest BCUT2D eigenvalue weighted by molar-refractivity contribution is 9.10. The lowest BCUT2D eigenvalue weighted by Gasteiger charge is -2.16. The molecule has 0 bridgehead atoms. The molecule has 0 radical (unpaired) electrons. The fourth-order valence-electron chi connectivity index (χ4n) is 1.93. The third-order valence-electron chi connectivity index (χ3n) is 2.78. The van der Waals surface area contributed by atoms with Crippen LogP contribution in [0.25, 0.3) is 0 Å². The van der Waals surface area contributed by atoms with Gasteiger partial charge in [-0.2, -0.15) is 0 Å². The molecule has 1 atom stereocenters. The van der Waals surface area contributed by atoms with Gasteiger partial charge in [0.1, 0.15) is 5.75 Å². The van der Waals surface area contributed by atoms with E-state index >= 15 is 0 Å². The van der Waals surface area contributed by atoms with E-state index in [4.69, 9.17) is 10.5 Å². The molecule has 0 aliphatic carbocycles. The molecule has 1 aromatic carbocycles. The van der Waals surface area contributed by atoms with Crippen LogP contribution in [0.5, 0.6) is 5.75 Å². The predicted octanol–water partition coefficient (Wildman–Crippen LogP) is 3.38. The molecule has 0 heterocycles. The molecule has 0 spiro atoms. The first kappa shape index (κ1) is 13.5. The summed E-state index contributed by atoms with van der Waals surface area (Å²) in [4.78, 5) is 0. The predicted molar refractivity (Wildman–Crippen MR) is 71.9 cm³/mol. The van der Waals surface area contributed by atoms with Gasteiger partial charge in [0.05, 0.1) is 7.11 Å². The lowest BCUT2D eigenvalue weighted by molar-refractivity contribution is 0.401. The van der Waals surface area contributed by atoms with Crippen molar-refractivity contribution in [3.63, 3.8) is 0 Å². The Bertz CT molecular complexity index is 328. The highest BCUT2D eigenvalue weighted by atomic mass is 79.9. The van der Waals surface area contributed by atoms with E-state index in [0.717, 1.165) is 23.2 Å². The third-order valence-corrected chi connectivity index (χ3v) is 3.27. The van der Waals surface area contributed by atoms with Crippen molar-refractivity contribution in [2.45, 2.75) is 26.2 Å². The summed E-state index contributed by atoms with van der Waals surface area (Å²) in [5.74, 6) is 1.51. The van der Waals surface area contributed by atoms with Crippen LogP contribution in [0.1, 0.15) is 25.3 Å². The Kier molecular flexibility index (Phi) is 5.85. The van der Waals surface area contributed by atoms with Crippen LogP contribution >= 0.6 is 15.9 Å². The van der Waals surface area contributed by atoms with Crippen LogP contribution in [0.2, 0.25) is 0 Å². The second-order valence-electron chi connectivity index (χ2n) is 4.05. The molecule has 2 N–H and O–H groups in total. The summed E-state index contributed by atoms with van der Waals surface area (Å²) in [5, 5.41) is 0. The third kappa shape index (κ3) is 3.80. The Hall–Kier alpha value is -0.540. The first-order chi connectivity index (χ1) is 7.71. The van der Waals surface area contributed by atoms with Gasteiger partial charge in [-0.3, -0.25) is 0 Å². The molecule has 0 saturated carbocycles. The maximum absolute atomic E-state index is 5.78. The summed E-state index contributed by atoms with van der Waals surface area (Å²) in [5.41, 5.74) is 7.02. The first-order valence-electron chi connectivity index (χ1n) is 5.73. The number of methoxy groups -OCH3 is 1. The molecular weight excluding hydrogens is 266 g/mol. The molecule has 16 heavy (non-hydrogen) atoms. The lowest BCUT2D eigenvalue weighted by atomic mass is 9.95. The van der Waals surface area contributed by atoms with E-state index in [0.29, 0.717) is 5.92 Å². The quantitative estimate of drug-likeness (QED) is 0.870. The fourth-order valence-corrected chi connectivity index (χ4v) is 2.34. The van der Waals surface area contributed by atoms with Crippen LogP contribution in [-0.4, -0.2) is 13.7 Å². The van der Waals surface area contributed by atoms with Crippen molar-refractivity contribution in [1.29, 1.82) is 0 Å². The largest absolute Gasteiger partial charge is 0.496 e. The van der Waals surface area contributed by atoms with Crippen molar-refractivity contribution in [2.75, 3.05) is 13.7 Å². The van der Waals surface area contributed by atoms with Gasteiger partial charge in [-0.1, -0.05) is 29.3 Å². The van der Waals surface area contributed by atoms with Gasteiger partial charge >= 0.3 is 0 Å². The zero-order valence-electron chi connectivity index (χ0n) is 10.0. The zero-order valence-corrected chi connectivity index (χ0v) is 11.6. The minimum Gasteiger partial charge on any atom is -0.496 e. The highest BCUT2D eigenvalue weighted by Crippen LogP contribution is 2.26. The number of hydrogen-bond donors (Lipinski definition) is 1. The average molecular weight is 286 g/mol. The second-order valence-corrected chi connectivity index (χ2v) is 4.97. The number of hydrogen-bond acceptors (Lipinski definition) is 2. The molecule has 1 aromatic rings. The van der Waals surface area contributed by atoms with Gasteiger partial charge in [-0.15, -0.1) is 0 Å². The standard InChI is InChI=1S/C13H20BrNO/c1-3-4-10(9-15)7-11-8-12(14)5-6-13(11)16-2/h5-6,8,10H,3-4,7,9,15H2,1-2H3. The van der Waals surface area contributed by atoms with Crippen molar-refractivity contribution in [3.05, 3.63) is 28.2 Å². The normalized spacial score (nSPS) is 12.5. The van der Waals surface area contributed by atoms with Crippen LogP contribution < -0.4 is 10.5 Å². The number of benzene rings is 1. The summed E-state index contributed by atoms with van der Waals surface area (Å²) in [6.07, 6.45) is 3.34. The number of rotatable bonds is 6. The van der Waals surface area contributed by atoms with E-state index in [-0.39, 0.29) is 0 Å². The van der Waals surface area contributed by atoms with Crippen LogP contribution in [0.15, 0.2) is 22.7 Å². The van der Waals surface area contributed by atoms with Crippen LogP contribution in [0.3, 0.4) is 0 Å². The smallest absolute Gasteiger partial charge is 0.122 e. The molecule has 0 aromatic heterocycles. The molecule has 0 aliphatic heterocycles. The molecule has 3 heteroatoms. The highest BCUT2D eigenvalue weighted by Gasteiger charge is 2.11. The minimum absolute atomic E-state index is 0.549. The molecule has 1 rings (SSSR count). The van der Waals surface area contributed by atoms with Crippen molar-refractivity contribution >= 4 is 15.9 Å². The van der Waals surface area contributed by atoms with Crippen molar-refractivity contribution in [2.24, 2.45) is 11.7 Å². The van der Waals surface area contributed by atoms with Crippen molar-refractivity contribution < 1.29 is 4.74 Å². The van der Waals surface area contributed by atoms with E-state index in [1.807, 2.05) is 12.1 Å². The molecule has 90 valence electrons. The second kappa shape index (κ2) is 6.92. The van der Waals surface area contributed by atoms with Gasteiger partial charge in [-0.05, 0) is 49.1 Å². The Balaban J connectivity index is 2.80. The van der Waals surface area contributed by atoms with Gasteiger partial charge in [0.2, 0.25) is 0 Å². The first-order valence-corrected chi connectivity index (χ1v) is 6.53. The van der Waals surface area contributed by atoms with Crippen molar-refractivity contribution in [3.8, 4) is 5.75 Å². The van der Waals surface area contributed by atoms with E-state index < -0.39 is 0 Å². The van der Waals surface area contributed by atoms with Crippen LogP contribution in [-0.2, 0) is 6.42 Å². The summed E-state index contributed by atoms with van der Waals surface area (Å²) in [7, 11) is 1.71. The summed E-state index contributed by atoms with van der Waals surface area (Å²) < 4.78 is 6.46. The SMILES string of the molecule is CCCC(CN)Cc1cc(Br)ccc1OC. The topological polar surface area (TPSA) is 35.2 Å². The Morgan fingerprint density at radius 3 is 2.75 bits per heavy atom. The van der Waals surface area contributed by atoms with E-state index in [1.165, 1.54) is 18.4 Å². The van der Waals surface area contributed by atoms with Crippen LogP contribution in [0.4, 0.5) is 0 Å². The monoisotopic (exact) mass is 285 g/mol. The van der Waals surface area contributed by atoms with Gasteiger partial charge in [-0.25, -0.2) is 0 Å². The summed E-state index contributed by atoms with van der Waals surface area (Å²) >= 11 is 3.49. The Labute approximate surface area is 106 Å². The number of nitrogens with two attached hydrogens (primary N) is 1. The lowest BCUT2D eigenvalue weighted by Crippen LogP contribution is -2.17. The number of halogens is 1. The number of ether oxygens (including phenoxy) is 1. The molecule has 2 nitrogen and oxygen atoms in total. The summed E-state index contributed by atoms with van der Waals surface area (Å²) in [6.45, 7) is 2.93. The van der Waals surface area contributed by atoms with Gasteiger partial charge in [0.25, 0.3) is 0 Å². The zero-order chi connectivity index (χ0) is 12.0. The maximum Gasteiger partial charge on any atom is 0.122 e. The van der Waals surface area contributed by atoms with Gasteiger partial charge < -0.3 is 10.5 Å². The fraction of sp³-hybridized carbons (Fsp3) is 0.538. The Morgan fingerprint density at radius 2 is 2.19 bits per heavy atom. The van der Waals surface area contributed by atoms with E-state index in [9.17, 15) is 0 Å². The van der Waals surface area contributed by atoms with Crippen molar-refractivity contribution in [1.82, 2.24) is 0 Å². The molecule has 0 aliphatic rings. The summed E-state index contributed by atoms with van der Waals surface area (Å²) in [6, 6.07) is 6.12. The molecular formula is C13H20BrNO. The van der Waals surface area contributed by atoms with Gasteiger partial charge in [0.15, 0.2) is 0 Å². The minimum atomic E-state index is 0.549. The average Bonchev–Trinajstić information content (AvgIpc) is 2.29. The molecule has 1 unspecified atom stereocenters. The Morgan fingerprint density at radius 1 is 1.44 bits per heavy atom. The van der Waals surface area contributed by atoms with E-state index in [2.05, 4.69) is 28.9 Å².